The van der Waals surface area contributed by atoms with E-state index in [0.29, 0.717) is 0 Å². The number of aliphatic hydroxyl groups is 2. The Hall–Kier alpha value is -1.44. The van der Waals surface area contributed by atoms with E-state index in [1.54, 1.807) is 0 Å². The molecule has 7 nitrogen and oxygen atoms in total. The van der Waals surface area contributed by atoms with E-state index in [1.165, 1.54) is 0 Å². The maximum absolute atomic E-state index is 11.2. The van der Waals surface area contributed by atoms with Gasteiger partial charge in [0.25, 0.3) is 5.56 Å². The molecular weight excluding hydrogens is 202 g/mol. The van der Waals surface area contributed by atoms with Crippen LogP contribution < -0.4 is 11.3 Å². The molecule has 2 atom stereocenters. The van der Waals surface area contributed by atoms with Gasteiger partial charge in [-0.05, 0) is 13.0 Å². The predicted molar refractivity (Wildman–Crippen MR) is 51.2 cm³/mol. The average molecular weight is 215 g/mol. The van der Waals surface area contributed by atoms with Crippen LogP contribution in [0.1, 0.15) is 18.1 Å². The third-order valence-electron chi connectivity index (χ3n) is 1.99. The first-order valence-electron chi connectivity index (χ1n) is 4.40. The molecule has 0 fully saturated rings. The number of nitrogens with zero attached hydrogens (tertiary/aromatic N) is 1. The molecule has 1 aromatic heterocycles. The van der Waals surface area contributed by atoms with Crippen molar-refractivity contribution < 1.29 is 15.3 Å². The highest BCUT2D eigenvalue weighted by Crippen LogP contribution is 2.21. The van der Waals surface area contributed by atoms with Crippen molar-refractivity contribution in [2.75, 3.05) is 6.54 Å². The Morgan fingerprint density at radius 1 is 1.53 bits per heavy atom. The summed E-state index contributed by atoms with van der Waals surface area (Å²) in [6.45, 7) is 0.164. The monoisotopic (exact) mass is 215 g/mol. The van der Waals surface area contributed by atoms with Crippen molar-refractivity contribution in [2.24, 2.45) is 5.73 Å². The first kappa shape index (κ1) is 11.6. The molecule has 0 aliphatic carbocycles. The summed E-state index contributed by atoms with van der Waals surface area (Å²) in [6, 6.07) is 0. The largest absolute Gasteiger partial charge is 0.493 e. The second-order valence-electron chi connectivity index (χ2n) is 3.06. The molecule has 0 amide bonds. The lowest BCUT2D eigenvalue weighted by molar-refractivity contribution is 0.0124. The molecule has 2 unspecified atom stereocenters. The minimum absolute atomic E-state index is 0.120. The van der Waals surface area contributed by atoms with Gasteiger partial charge in [-0.15, -0.1) is 0 Å². The van der Waals surface area contributed by atoms with Gasteiger partial charge in [-0.3, -0.25) is 4.79 Å². The van der Waals surface area contributed by atoms with Gasteiger partial charge in [-0.2, -0.15) is 0 Å². The summed E-state index contributed by atoms with van der Waals surface area (Å²) in [5.41, 5.74) is 4.15. The fourth-order valence-electron chi connectivity index (χ4n) is 1.19. The highest BCUT2D eigenvalue weighted by atomic mass is 16.3. The van der Waals surface area contributed by atoms with Crippen LogP contribution in [0, 0.1) is 0 Å². The number of aromatic amines is 1. The summed E-state index contributed by atoms with van der Waals surface area (Å²) >= 11 is 0. The minimum Gasteiger partial charge on any atom is -0.493 e. The first-order chi connectivity index (χ1) is 7.07. The maximum atomic E-state index is 11.2. The quantitative estimate of drug-likeness (QED) is 0.403. The molecule has 6 N–H and O–H groups in total. The van der Waals surface area contributed by atoms with Crippen molar-refractivity contribution in [1.29, 1.82) is 0 Å². The van der Waals surface area contributed by atoms with E-state index in [2.05, 4.69) is 9.97 Å². The number of H-pyrrole nitrogens is 1. The van der Waals surface area contributed by atoms with Crippen LogP contribution >= 0.6 is 0 Å². The number of aromatic nitrogens is 2. The Balaban J connectivity index is 3.00. The second-order valence-corrected chi connectivity index (χ2v) is 3.06. The smallest absolute Gasteiger partial charge is 0.260 e. The molecule has 0 radical (unpaired) electrons. The molecule has 0 spiro atoms. The fourth-order valence-corrected chi connectivity index (χ4v) is 1.19. The van der Waals surface area contributed by atoms with Gasteiger partial charge in [0.15, 0.2) is 0 Å². The average Bonchev–Trinajstić information content (AvgIpc) is 2.17. The number of nitrogens with two attached hydrogens (primary N) is 1. The zero-order chi connectivity index (χ0) is 11.4. The standard InChI is InChI=1S/C8H13N3O4/c9-2-1-4(12)6(13)5-7(14)10-3-11-8(5)15/h3-4,6,12-13H,1-2,9H2,(H2,10,11,14,15). The van der Waals surface area contributed by atoms with Crippen molar-refractivity contribution in [3.8, 4) is 5.88 Å². The zero-order valence-corrected chi connectivity index (χ0v) is 7.92. The van der Waals surface area contributed by atoms with Crippen LogP contribution in [0.3, 0.4) is 0 Å². The molecule has 1 rings (SSSR count). The molecule has 84 valence electrons. The van der Waals surface area contributed by atoms with Crippen molar-refractivity contribution in [2.45, 2.75) is 18.6 Å². The third kappa shape index (κ3) is 2.52. The van der Waals surface area contributed by atoms with Crippen molar-refractivity contribution in [1.82, 2.24) is 9.97 Å². The van der Waals surface area contributed by atoms with E-state index >= 15 is 0 Å². The van der Waals surface area contributed by atoms with Gasteiger partial charge in [-0.1, -0.05) is 0 Å². The molecular formula is C8H13N3O4. The van der Waals surface area contributed by atoms with Crippen LogP contribution in [0.25, 0.3) is 0 Å². The number of rotatable bonds is 4. The van der Waals surface area contributed by atoms with Gasteiger partial charge >= 0.3 is 0 Å². The van der Waals surface area contributed by atoms with E-state index in [9.17, 15) is 20.1 Å². The van der Waals surface area contributed by atoms with Crippen molar-refractivity contribution in [3.05, 3.63) is 22.2 Å². The maximum Gasteiger partial charge on any atom is 0.260 e. The van der Waals surface area contributed by atoms with Crippen LogP contribution in [-0.4, -0.2) is 37.9 Å². The molecule has 0 saturated heterocycles. The zero-order valence-electron chi connectivity index (χ0n) is 7.92. The fraction of sp³-hybridized carbons (Fsp3) is 0.500. The summed E-state index contributed by atoms with van der Waals surface area (Å²) in [4.78, 5) is 16.8. The SMILES string of the molecule is NCCC(O)C(O)c1c(O)nc[nH]c1=O. The summed E-state index contributed by atoms with van der Waals surface area (Å²) in [5, 5.41) is 28.2. The molecule has 7 heteroatoms. The van der Waals surface area contributed by atoms with Crippen LogP contribution in [-0.2, 0) is 0 Å². The van der Waals surface area contributed by atoms with E-state index in [1.807, 2.05) is 0 Å². The lowest BCUT2D eigenvalue weighted by atomic mass is 10.0. The van der Waals surface area contributed by atoms with E-state index in [0.717, 1.165) is 6.33 Å². The van der Waals surface area contributed by atoms with Gasteiger partial charge in [-0.25, -0.2) is 4.98 Å². The summed E-state index contributed by atoms with van der Waals surface area (Å²) in [5.74, 6) is -0.595. The molecule has 1 heterocycles. The van der Waals surface area contributed by atoms with Crippen molar-refractivity contribution in [3.63, 3.8) is 0 Å². The van der Waals surface area contributed by atoms with Gasteiger partial charge in [0.2, 0.25) is 5.88 Å². The Morgan fingerprint density at radius 3 is 2.73 bits per heavy atom. The predicted octanol–water partition coefficient (Wildman–Crippen LogP) is -1.78. The van der Waals surface area contributed by atoms with E-state index < -0.39 is 23.6 Å². The van der Waals surface area contributed by atoms with Gasteiger partial charge in [0.05, 0.1) is 12.4 Å². The number of hydrogen-bond donors (Lipinski definition) is 5. The van der Waals surface area contributed by atoms with E-state index in [-0.39, 0.29) is 18.5 Å². The lowest BCUT2D eigenvalue weighted by Gasteiger charge is -2.16. The van der Waals surface area contributed by atoms with Crippen LogP contribution in [0.15, 0.2) is 11.1 Å². The van der Waals surface area contributed by atoms with Crippen LogP contribution in [0.2, 0.25) is 0 Å². The topological polar surface area (TPSA) is 132 Å². The van der Waals surface area contributed by atoms with Gasteiger partial charge in [0.1, 0.15) is 11.7 Å². The Bertz CT molecular complexity index is 378. The summed E-state index contributed by atoms with van der Waals surface area (Å²) in [6.07, 6.45) is -1.57. The summed E-state index contributed by atoms with van der Waals surface area (Å²) < 4.78 is 0. The summed E-state index contributed by atoms with van der Waals surface area (Å²) in [7, 11) is 0. The van der Waals surface area contributed by atoms with E-state index in [4.69, 9.17) is 5.73 Å². The first-order valence-corrected chi connectivity index (χ1v) is 4.40. The molecule has 0 aliphatic heterocycles. The molecule has 0 saturated carbocycles. The molecule has 0 aliphatic rings. The van der Waals surface area contributed by atoms with Crippen LogP contribution in [0.4, 0.5) is 0 Å². The Kier molecular flexibility index (Phi) is 3.78. The Labute approximate surface area is 85.2 Å². The van der Waals surface area contributed by atoms with Gasteiger partial charge in [0, 0.05) is 0 Å². The molecule has 15 heavy (non-hydrogen) atoms. The molecule has 0 bridgehead atoms. The Morgan fingerprint density at radius 2 is 2.20 bits per heavy atom. The van der Waals surface area contributed by atoms with Crippen LogP contribution in [0.5, 0.6) is 5.88 Å². The molecule has 1 aromatic rings. The second kappa shape index (κ2) is 4.87. The normalized spacial score (nSPS) is 14.9. The number of nitrogens with one attached hydrogen (secondary N) is 1. The number of aromatic hydroxyl groups is 1. The van der Waals surface area contributed by atoms with Crippen molar-refractivity contribution >= 4 is 0 Å². The number of hydrogen-bond acceptors (Lipinski definition) is 6. The third-order valence-corrected chi connectivity index (χ3v) is 1.99. The number of aliphatic hydroxyl groups excluding tert-OH is 2. The molecule has 0 aromatic carbocycles. The highest BCUT2D eigenvalue weighted by molar-refractivity contribution is 5.24. The van der Waals surface area contributed by atoms with Gasteiger partial charge < -0.3 is 26.0 Å². The highest BCUT2D eigenvalue weighted by Gasteiger charge is 2.24. The lowest BCUT2D eigenvalue weighted by Crippen LogP contribution is -2.27. The minimum atomic E-state index is -1.49.